The summed E-state index contributed by atoms with van der Waals surface area (Å²) in [5.74, 6) is 0.438. The van der Waals surface area contributed by atoms with E-state index in [-0.39, 0.29) is 5.75 Å². The molecule has 0 radical (unpaired) electrons. The highest BCUT2D eigenvalue weighted by Crippen LogP contribution is 2.24. The van der Waals surface area contributed by atoms with E-state index in [9.17, 15) is 4.39 Å². The molecule has 1 aliphatic rings. The third-order valence-corrected chi connectivity index (χ3v) is 4.39. The third-order valence-electron chi connectivity index (χ3n) is 2.99. The summed E-state index contributed by atoms with van der Waals surface area (Å²) >= 11 is 2.03. The van der Waals surface area contributed by atoms with E-state index in [0.717, 1.165) is 12.1 Å². The van der Waals surface area contributed by atoms with Crippen LogP contribution in [0, 0.1) is 5.82 Å². The predicted octanol–water partition coefficient (Wildman–Crippen LogP) is 2.91. The Bertz CT molecular complexity index is 366. The van der Waals surface area contributed by atoms with Gasteiger partial charge in [0.15, 0.2) is 11.6 Å². The number of rotatable bonds is 4. The molecule has 1 fully saturated rings. The molecule has 17 heavy (non-hydrogen) atoms. The maximum atomic E-state index is 13.1. The minimum absolute atomic E-state index is 0.281. The first kappa shape index (κ1) is 12.7. The number of halogens is 1. The minimum atomic E-state index is -0.545. The quantitative estimate of drug-likeness (QED) is 0.867. The number of hydrogen-bond donors (Lipinski definition) is 2. The van der Waals surface area contributed by atoms with Crippen LogP contribution in [0.1, 0.15) is 24.8 Å². The second-order valence-corrected chi connectivity index (χ2v) is 5.81. The van der Waals surface area contributed by atoms with Gasteiger partial charge in [-0.2, -0.15) is 11.8 Å². The maximum Gasteiger partial charge on any atom is 0.165 e. The van der Waals surface area contributed by atoms with Crippen molar-refractivity contribution >= 4 is 11.8 Å². The van der Waals surface area contributed by atoms with Crippen molar-refractivity contribution in [3.8, 4) is 5.75 Å². The van der Waals surface area contributed by atoms with Crippen molar-refractivity contribution < 1.29 is 9.50 Å². The second-order valence-electron chi connectivity index (χ2n) is 4.41. The fraction of sp³-hybridized carbons (Fsp3) is 0.538. The average molecular weight is 255 g/mol. The summed E-state index contributed by atoms with van der Waals surface area (Å²) in [6.07, 6.45) is 3.94. The number of thioether (sulfide) groups is 1. The van der Waals surface area contributed by atoms with Gasteiger partial charge < -0.3 is 10.4 Å². The van der Waals surface area contributed by atoms with Gasteiger partial charge in [0.25, 0.3) is 0 Å². The van der Waals surface area contributed by atoms with Gasteiger partial charge in [-0.3, -0.25) is 0 Å². The summed E-state index contributed by atoms with van der Waals surface area (Å²) in [7, 11) is 0. The Morgan fingerprint density at radius 2 is 2.29 bits per heavy atom. The van der Waals surface area contributed by atoms with Crippen molar-refractivity contribution in [2.24, 2.45) is 0 Å². The highest BCUT2D eigenvalue weighted by molar-refractivity contribution is 7.99. The Labute approximate surface area is 106 Å². The largest absolute Gasteiger partial charge is 0.505 e. The molecular formula is C13H18FNOS. The number of phenolic OH excluding ortho intramolecular Hbond substituents is 1. The van der Waals surface area contributed by atoms with E-state index >= 15 is 0 Å². The normalized spacial score (nSPS) is 20.4. The number of phenols is 1. The lowest BCUT2D eigenvalue weighted by Crippen LogP contribution is -2.26. The van der Waals surface area contributed by atoms with Crippen LogP contribution in [0.5, 0.6) is 5.75 Å². The molecule has 0 bridgehead atoms. The molecule has 1 heterocycles. The Morgan fingerprint density at radius 3 is 3.00 bits per heavy atom. The van der Waals surface area contributed by atoms with Gasteiger partial charge >= 0.3 is 0 Å². The van der Waals surface area contributed by atoms with E-state index in [1.807, 2.05) is 11.8 Å². The minimum Gasteiger partial charge on any atom is -0.505 e. The zero-order chi connectivity index (χ0) is 12.1. The smallest absolute Gasteiger partial charge is 0.165 e. The van der Waals surface area contributed by atoms with Crippen LogP contribution in [0.15, 0.2) is 18.2 Å². The summed E-state index contributed by atoms with van der Waals surface area (Å²) < 4.78 is 13.1. The lowest BCUT2D eigenvalue weighted by molar-refractivity contribution is 0.431. The molecule has 1 aromatic rings. The van der Waals surface area contributed by atoms with E-state index in [1.54, 1.807) is 6.07 Å². The fourth-order valence-electron chi connectivity index (χ4n) is 2.01. The van der Waals surface area contributed by atoms with Crippen LogP contribution in [0.3, 0.4) is 0 Å². The van der Waals surface area contributed by atoms with Gasteiger partial charge in [0.05, 0.1) is 0 Å². The van der Waals surface area contributed by atoms with Crippen LogP contribution in [0.25, 0.3) is 0 Å². The Balaban J connectivity index is 1.75. The molecule has 0 aliphatic carbocycles. The van der Waals surface area contributed by atoms with E-state index in [1.165, 1.54) is 37.1 Å². The molecule has 1 unspecified atom stereocenters. The first-order chi connectivity index (χ1) is 8.25. The third kappa shape index (κ3) is 3.89. The first-order valence-corrected chi connectivity index (χ1v) is 7.10. The first-order valence-electron chi connectivity index (χ1n) is 6.05. The summed E-state index contributed by atoms with van der Waals surface area (Å²) in [5.41, 5.74) is 0.876. The van der Waals surface area contributed by atoms with Gasteiger partial charge in [-0.25, -0.2) is 4.39 Å². The van der Waals surface area contributed by atoms with Crippen molar-refractivity contribution in [3.05, 3.63) is 29.6 Å². The van der Waals surface area contributed by atoms with Gasteiger partial charge in [0.2, 0.25) is 0 Å². The van der Waals surface area contributed by atoms with Gasteiger partial charge in [-0.15, -0.1) is 0 Å². The van der Waals surface area contributed by atoms with Crippen LogP contribution in [0.4, 0.5) is 4.39 Å². The van der Waals surface area contributed by atoms with Gasteiger partial charge in [-0.1, -0.05) is 12.5 Å². The molecule has 1 atom stereocenters. The molecule has 1 aliphatic heterocycles. The molecular weight excluding hydrogens is 237 g/mol. The standard InChI is InChI=1S/C13H18FNOS/c14-12-7-10(4-5-13(12)16)8-15-9-11-3-1-2-6-17-11/h4-5,7,11,15-16H,1-3,6,8-9H2. The molecule has 0 saturated carbocycles. The summed E-state index contributed by atoms with van der Waals surface area (Å²) in [4.78, 5) is 0. The van der Waals surface area contributed by atoms with Crippen molar-refractivity contribution in [2.45, 2.75) is 31.1 Å². The molecule has 1 aromatic carbocycles. The van der Waals surface area contributed by atoms with Crippen LogP contribution < -0.4 is 5.32 Å². The molecule has 0 spiro atoms. The summed E-state index contributed by atoms with van der Waals surface area (Å²) in [6, 6.07) is 4.54. The lowest BCUT2D eigenvalue weighted by Gasteiger charge is -2.21. The molecule has 0 amide bonds. The second kappa shape index (κ2) is 6.26. The highest BCUT2D eigenvalue weighted by Gasteiger charge is 2.13. The average Bonchev–Trinajstić information content (AvgIpc) is 2.35. The molecule has 4 heteroatoms. The number of hydrogen-bond acceptors (Lipinski definition) is 3. The van der Waals surface area contributed by atoms with Crippen LogP contribution in [0.2, 0.25) is 0 Å². The molecule has 1 saturated heterocycles. The van der Waals surface area contributed by atoms with Gasteiger partial charge in [-0.05, 0) is 36.3 Å². The number of benzene rings is 1. The Kier molecular flexibility index (Phi) is 4.68. The van der Waals surface area contributed by atoms with Crippen LogP contribution in [-0.2, 0) is 6.54 Å². The number of aromatic hydroxyl groups is 1. The fourth-order valence-corrected chi connectivity index (χ4v) is 3.28. The predicted molar refractivity (Wildman–Crippen MR) is 69.9 cm³/mol. The SMILES string of the molecule is Oc1ccc(CNCC2CCCCS2)cc1F. The van der Waals surface area contributed by atoms with Crippen molar-refractivity contribution in [1.29, 1.82) is 0 Å². The van der Waals surface area contributed by atoms with Crippen LogP contribution >= 0.6 is 11.8 Å². The Hall–Kier alpha value is -0.740. The molecule has 2 rings (SSSR count). The van der Waals surface area contributed by atoms with Crippen molar-refractivity contribution in [2.75, 3.05) is 12.3 Å². The van der Waals surface area contributed by atoms with Crippen molar-refractivity contribution in [1.82, 2.24) is 5.32 Å². The zero-order valence-corrected chi connectivity index (χ0v) is 10.6. The monoisotopic (exact) mass is 255 g/mol. The number of nitrogens with one attached hydrogen (secondary N) is 1. The highest BCUT2D eigenvalue weighted by atomic mass is 32.2. The van der Waals surface area contributed by atoms with E-state index < -0.39 is 5.82 Å². The van der Waals surface area contributed by atoms with E-state index in [2.05, 4.69) is 5.32 Å². The van der Waals surface area contributed by atoms with Crippen LogP contribution in [-0.4, -0.2) is 22.7 Å². The summed E-state index contributed by atoms with van der Waals surface area (Å²) in [6.45, 7) is 1.64. The zero-order valence-electron chi connectivity index (χ0n) is 9.79. The van der Waals surface area contributed by atoms with E-state index in [0.29, 0.717) is 11.8 Å². The molecule has 94 valence electrons. The summed E-state index contributed by atoms with van der Waals surface area (Å²) in [5, 5.41) is 13.1. The lowest BCUT2D eigenvalue weighted by atomic mass is 10.1. The van der Waals surface area contributed by atoms with Crippen molar-refractivity contribution in [3.63, 3.8) is 0 Å². The topological polar surface area (TPSA) is 32.3 Å². The molecule has 0 aromatic heterocycles. The Morgan fingerprint density at radius 1 is 1.41 bits per heavy atom. The van der Waals surface area contributed by atoms with Gasteiger partial charge in [0, 0.05) is 18.3 Å². The molecule has 2 nitrogen and oxygen atoms in total. The van der Waals surface area contributed by atoms with Gasteiger partial charge in [0.1, 0.15) is 0 Å². The van der Waals surface area contributed by atoms with E-state index in [4.69, 9.17) is 5.11 Å². The maximum absolute atomic E-state index is 13.1. The molecule has 2 N–H and O–H groups in total.